The van der Waals surface area contributed by atoms with Crippen LogP contribution in [0.3, 0.4) is 0 Å². The average molecular weight is 276 g/mol. The van der Waals surface area contributed by atoms with E-state index in [4.69, 9.17) is 4.42 Å². The van der Waals surface area contributed by atoms with Gasteiger partial charge in [0.1, 0.15) is 5.58 Å². The highest BCUT2D eigenvalue weighted by Gasteiger charge is 2.37. The summed E-state index contributed by atoms with van der Waals surface area (Å²) in [6, 6.07) is 17.0. The van der Waals surface area contributed by atoms with E-state index in [2.05, 4.69) is 0 Å². The zero-order valence-corrected chi connectivity index (χ0v) is 10.7. The first-order valence-corrected chi connectivity index (χ1v) is 6.58. The molecule has 96 valence electrons. The Labute approximate surface area is 113 Å². The molecule has 0 radical (unpaired) electrons. The third-order valence-electron chi connectivity index (χ3n) is 2.70. The highest BCUT2D eigenvalue weighted by Crippen LogP contribution is 2.45. The molecule has 0 saturated carbocycles. The molecule has 0 bridgehead atoms. The van der Waals surface area contributed by atoms with Crippen molar-refractivity contribution in [1.82, 2.24) is 0 Å². The summed E-state index contributed by atoms with van der Waals surface area (Å²) in [5, 5.41) is -2.40. The van der Waals surface area contributed by atoms with Crippen molar-refractivity contribution in [2.45, 2.75) is 10.2 Å². The number of thioether (sulfide) groups is 1. The van der Waals surface area contributed by atoms with Gasteiger partial charge < -0.3 is 4.42 Å². The average Bonchev–Trinajstić information content (AvgIpc) is 2.84. The topological polar surface area (TPSA) is 13.1 Å². The van der Waals surface area contributed by atoms with Crippen LogP contribution >= 0.6 is 11.8 Å². The third-order valence-corrected chi connectivity index (χ3v) is 3.67. The molecule has 3 rings (SSSR count). The fourth-order valence-corrected chi connectivity index (χ4v) is 2.60. The number of rotatable bonds is 3. The van der Waals surface area contributed by atoms with E-state index >= 15 is 0 Å². The highest BCUT2D eigenvalue weighted by molar-refractivity contribution is 8.00. The Morgan fingerprint density at radius 2 is 1.58 bits per heavy atom. The molecule has 0 aliphatic rings. The van der Waals surface area contributed by atoms with Gasteiger partial charge in [-0.1, -0.05) is 36.4 Å². The van der Waals surface area contributed by atoms with Crippen LogP contribution in [0.25, 0.3) is 11.0 Å². The van der Waals surface area contributed by atoms with E-state index < -0.39 is 5.25 Å². The van der Waals surface area contributed by atoms with Crippen molar-refractivity contribution in [3.05, 3.63) is 66.4 Å². The van der Waals surface area contributed by atoms with Crippen molar-refractivity contribution in [2.75, 3.05) is 0 Å². The van der Waals surface area contributed by atoms with Crippen molar-refractivity contribution in [1.29, 1.82) is 0 Å². The molecule has 1 heterocycles. The van der Waals surface area contributed by atoms with Crippen LogP contribution in [0, 0.1) is 0 Å². The van der Waals surface area contributed by atoms with Gasteiger partial charge >= 0.3 is 5.25 Å². The lowest BCUT2D eigenvalue weighted by Gasteiger charge is -2.12. The number of furan rings is 1. The highest BCUT2D eigenvalue weighted by atomic mass is 32.2. The molecule has 1 nitrogen and oxygen atoms in total. The Morgan fingerprint density at radius 1 is 0.895 bits per heavy atom. The van der Waals surface area contributed by atoms with Crippen molar-refractivity contribution in [3.8, 4) is 0 Å². The van der Waals surface area contributed by atoms with Crippen molar-refractivity contribution < 1.29 is 13.2 Å². The molecule has 19 heavy (non-hydrogen) atoms. The molecular formula is C15H10F2OS. The molecule has 1 aromatic heterocycles. The molecule has 0 fully saturated rings. The van der Waals surface area contributed by atoms with Gasteiger partial charge in [-0.25, -0.2) is 0 Å². The number of fused-ring (bicyclic) bond motifs is 1. The Morgan fingerprint density at radius 3 is 2.32 bits per heavy atom. The van der Waals surface area contributed by atoms with E-state index in [-0.39, 0.29) is 5.76 Å². The van der Waals surface area contributed by atoms with E-state index in [1.807, 2.05) is 0 Å². The van der Waals surface area contributed by atoms with Crippen LogP contribution < -0.4 is 0 Å². The molecule has 0 aliphatic heterocycles. The van der Waals surface area contributed by atoms with Crippen LogP contribution in [0.2, 0.25) is 0 Å². The van der Waals surface area contributed by atoms with Gasteiger partial charge in [-0.2, -0.15) is 8.78 Å². The predicted molar refractivity (Wildman–Crippen MR) is 72.4 cm³/mol. The Bertz CT molecular complexity index is 658. The minimum absolute atomic E-state index is 0.317. The van der Waals surface area contributed by atoms with Gasteiger partial charge in [0.2, 0.25) is 0 Å². The first-order chi connectivity index (χ1) is 9.15. The Kier molecular flexibility index (Phi) is 3.03. The van der Waals surface area contributed by atoms with Gasteiger partial charge in [-0.05, 0) is 36.0 Å². The van der Waals surface area contributed by atoms with Crippen LogP contribution in [-0.2, 0) is 5.25 Å². The maximum atomic E-state index is 14.1. The zero-order chi connectivity index (χ0) is 13.3. The lowest BCUT2D eigenvalue weighted by atomic mass is 10.2. The molecule has 0 atom stereocenters. The minimum atomic E-state index is -3.08. The summed E-state index contributed by atoms with van der Waals surface area (Å²) in [7, 11) is 0. The molecule has 0 N–H and O–H groups in total. The van der Waals surface area contributed by atoms with E-state index in [1.165, 1.54) is 6.07 Å². The van der Waals surface area contributed by atoms with E-state index in [1.54, 1.807) is 54.6 Å². The minimum Gasteiger partial charge on any atom is -0.454 e. The van der Waals surface area contributed by atoms with Gasteiger partial charge in [0.25, 0.3) is 0 Å². The first kappa shape index (κ1) is 12.2. The van der Waals surface area contributed by atoms with Gasteiger partial charge in [-0.15, -0.1) is 0 Å². The van der Waals surface area contributed by atoms with E-state index in [9.17, 15) is 8.78 Å². The molecule has 0 spiro atoms. The monoisotopic (exact) mass is 276 g/mol. The van der Waals surface area contributed by atoms with Crippen LogP contribution in [0.15, 0.2) is 70.0 Å². The molecule has 3 aromatic rings. The first-order valence-electron chi connectivity index (χ1n) is 5.76. The summed E-state index contributed by atoms with van der Waals surface area (Å²) in [4.78, 5) is 0.507. The SMILES string of the molecule is FC(F)(Sc1ccccc1)c1cc2ccccc2o1. The lowest BCUT2D eigenvalue weighted by molar-refractivity contribution is 0.0799. The van der Waals surface area contributed by atoms with Gasteiger partial charge in [0.05, 0.1) is 0 Å². The second-order valence-electron chi connectivity index (χ2n) is 4.08. The molecular weight excluding hydrogens is 266 g/mol. The van der Waals surface area contributed by atoms with Crippen molar-refractivity contribution in [3.63, 3.8) is 0 Å². The molecule has 4 heteroatoms. The van der Waals surface area contributed by atoms with Gasteiger partial charge in [-0.3, -0.25) is 0 Å². The van der Waals surface area contributed by atoms with Crippen LogP contribution in [-0.4, -0.2) is 0 Å². The second-order valence-corrected chi connectivity index (χ2v) is 5.27. The lowest BCUT2D eigenvalue weighted by Crippen LogP contribution is -2.05. The second kappa shape index (κ2) is 4.70. The summed E-state index contributed by atoms with van der Waals surface area (Å²) in [6.07, 6.45) is 0. The number of para-hydroxylation sites is 1. The summed E-state index contributed by atoms with van der Waals surface area (Å²) >= 11 is 0.487. The van der Waals surface area contributed by atoms with Crippen LogP contribution in [0.5, 0.6) is 0 Å². The number of hydrogen-bond donors (Lipinski definition) is 0. The molecule has 0 unspecified atom stereocenters. The summed E-state index contributed by atoms with van der Waals surface area (Å²) in [6.45, 7) is 0. The van der Waals surface area contributed by atoms with Gasteiger partial charge in [0.15, 0.2) is 5.76 Å². The fraction of sp³-hybridized carbons (Fsp3) is 0.0667. The number of halogens is 2. The maximum absolute atomic E-state index is 14.1. The fourth-order valence-electron chi connectivity index (χ4n) is 1.81. The summed E-state index contributed by atoms with van der Waals surface area (Å²) in [5.41, 5.74) is 0.478. The van der Waals surface area contributed by atoms with E-state index in [0.717, 1.165) is 0 Å². The number of alkyl halides is 2. The number of hydrogen-bond acceptors (Lipinski definition) is 2. The molecule has 2 aromatic carbocycles. The molecule has 0 saturated heterocycles. The standard InChI is InChI=1S/C15H10F2OS/c16-15(17,19-12-7-2-1-3-8-12)14-10-11-6-4-5-9-13(11)18-14/h1-10H. The normalized spacial score (nSPS) is 11.9. The van der Waals surface area contributed by atoms with Gasteiger partial charge in [0, 0.05) is 10.3 Å². The van der Waals surface area contributed by atoms with Crippen molar-refractivity contribution in [2.24, 2.45) is 0 Å². The van der Waals surface area contributed by atoms with Crippen LogP contribution in [0.1, 0.15) is 5.76 Å². The summed E-state index contributed by atoms with van der Waals surface area (Å²) < 4.78 is 33.5. The van der Waals surface area contributed by atoms with Crippen molar-refractivity contribution >= 4 is 22.7 Å². The number of benzene rings is 2. The molecule has 0 aliphatic carbocycles. The third kappa shape index (κ3) is 2.49. The largest absolute Gasteiger partial charge is 0.454 e. The smallest absolute Gasteiger partial charge is 0.355 e. The predicted octanol–water partition coefficient (Wildman–Crippen LogP) is 5.27. The maximum Gasteiger partial charge on any atom is 0.355 e. The summed E-state index contributed by atoms with van der Waals surface area (Å²) in [5.74, 6) is -0.317. The van der Waals surface area contributed by atoms with E-state index in [0.29, 0.717) is 27.6 Å². The molecule has 0 amide bonds. The Balaban J connectivity index is 1.95. The zero-order valence-electron chi connectivity index (χ0n) is 9.85. The van der Waals surface area contributed by atoms with Crippen LogP contribution in [0.4, 0.5) is 8.78 Å². The quantitative estimate of drug-likeness (QED) is 0.604. The Hall–Kier alpha value is -1.81.